The maximum atomic E-state index is 10.7. The number of pyridine rings is 1. The highest BCUT2D eigenvalue weighted by Crippen LogP contribution is 2.34. The molecule has 2 aromatic heterocycles. The Hall–Kier alpha value is -2.98. The van der Waals surface area contributed by atoms with Crippen LogP contribution in [0.25, 0.3) is 16.9 Å². The van der Waals surface area contributed by atoms with Crippen molar-refractivity contribution in [3.63, 3.8) is 0 Å². The van der Waals surface area contributed by atoms with E-state index in [2.05, 4.69) is 16.2 Å². The van der Waals surface area contributed by atoms with E-state index in [0.29, 0.717) is 22.6 Å². The number of aromatic nitrogens is 3. The lowest BCUT2D eigenvalue weighted by atomic mass is 10.0. The molecule has 0 saturated heterocycles. The lowest BCUT2D eigenvalue weighted by molar-refractivity contribution is 0.433. The lowest BCUT2D eigenvalue weighted by Gasteiger charge is -2.09. The molecule has 2 N–H and O–H groups in total. The summed E-state index contributed by atoms with van der Waals surface area (Å²) in [5, 5.41) is 24.2. The van der Waals surface area contributed by atoms with Gasteiger partial charge in [0.05, 0.1) is 22.9 Å². The van der Waals surface area contributed by atoms with Crippen molar-refractivity contribution in [2.45, 2.75) is 30.9 Å². The Kier molecular flexibility index (Phi) is 4.87. The van der Waals surface area contributed by atoms with Crippen molar-refractivity contribution >= 4 is 10.7 Å². The summed E-state index contributed by atoms with van der Waals surface area (Å²) < 4.78 is 9.55. The van der Waals surface area contributed by atoms with Gasteiger partial charge in [-0.25, -0.2) is 4.98 Å². The summed E-state index contributed by atoms with van der Waals surface area (Å²) in [4.78, 5) is 5.23. The largest absolute Gasteiger partial charge is 0.493 e. The predicted molar refractivity (Wildman–Crippen MR) is 101 cm³/mol. The minimum absolute atomic E-state index is 0.00110. The summed E-state index contributed by atoms with van der Waals surface area (Å²) in [6.07, 6.45) is 1.67. The third-order valence-corrected chi connectivity index (χ3v) is 5.69. The molecule has 3 rings (SSSR count). The van der Waals surface area contributed by atoms with E-state index in [4.69, 9.17) is 10.0 Å². The van der Waals surface area contributed by atoms with Crippen LogP contribution in [0.15, 0.2) is 47.5 Å². The fraction of sp³-hybridized carbons (Fsp3) is 0.211. The van der Waals surface area contributed by atoms with Crippen molar-refractivity contribution in [2.24, 2.45) is 0 Å². The minimum atomic E-state index is -0.618. The van der Waals surface area contributed by atoms with Gasteiger partial charge in [0.15, 0.2) is 5.82 Å². The van der Waals surface area contributed by atoms with Crippen LogP contribution in [0.2, 0.25) is 0 Å². The number of aromatic hydroxyl groups is 1. The quantitative estimate of drug-likeness (QED) is 0.731. The monoisotopic (exact) mass is 365 g/mol. The second-order valence-electron chi connectivity index (χ2n) is 6.12. The number of hydrogen-bond donors (Lipinski definition) is 2. The third-order valence-electron chi connectivity index (χ3n) is 4.00. The number of nitrogens with zero attached hydrogens (tertiary/aromatic N) is 4. The van der Waals surface area contributed by atoms with E-state index in [1.807, 2.05) is 26.8 Å². The third kappa shape index (κ3) is 3.24. The molecular formula is C19H19N5OS. The van der Waals surface area contributed by atoms with Crippen LogP contribution in [0.5, 0.6) is 5.88 Å². The predicted octanol–water partition coefficient (Wildman–Crippen LogP) is 3.97. The van der Waals surface area contributed by atoms with Crippen molar-refractivity contribution in [3.05, 3.63) is 53.9 Å². The Morgan fingerprint density at radius 3 is 2.42 bits per heavy atom. The molecule has 0 spiro atoms. The van der Waals surface area contributed by atoms with Crippen LogP contribution >= 0.6 is 0 Å². The van der Waals surface area contributed by atoms with Gasteiger partial charge in [-0.05, 0) is 36.8 Å². The molecule has 0 fully saturated rings. The summed E-state index contributed by atoms with van der Waals surface area (Å²) in [5.74, 6) is 0.496. The average molecular weight is 365 g/mol. The number of nitriles is 1. The summed E-state index contributed by atoms with van der Waals surface area (Å²) in [6.45, 7) is 5.84. The van der Waals surface area contributed by atoms with Crippen LogP contribution in [0.4, 0.5) is 0 Å². The van der Waals surface area contributed by atoms with Crippen molar-refractivity contribution in [2.75, 3.05) is 0 Å². The molecule has 2 heterocycles. The molecule has 0 amide bonds. The van der Waals surface area contributed by atoms with E-state index in [1.165, 1.54) is 4.68 Å². The van der Waals surface area contributed by atoms with Crippen molar-refractivity contribution in [1.82, 2.24) is 14.8 Å². The molecule has 132 valence electrons. The second kappa shape index (κ2) is 7.10. The molecule has 3 aromatic rings. The smallest absolute Gasteiger partial charge is 0.223 e. The SMILES string of the molecule is Cc1nn(-c2ccc(S(=N)C(C)C)cn2)c(O)c1-c1ccc(C#N)cc1. The maximum Gasteiger partial charge on any atom is 0.223 e. The van der Waals surface area contributed by atoms with E-state index in [0.717, 1.165) is 10.5 Å². The van der Waals surface area contributed by atoms with Crippen LogP contribution in [-0.4, -0.2) is 25.1 Å². The number of nitrogens with one attached hydrogen (secondary N) is 1. The molecule has 0 aliphatic rings. The van der Waals surface area contributed by atoms with E-state index in [1.54, 1.807) is 36.5 Å². The highest BCUT2D eigenvalue weighted by molar-refractivity contribution is 7.86. The first-order valence-electron chi connectivity index (χ1n) is 8.12. The standard InChI is InChI=1S/C19H19N5OS/c1-12(2)26(21)16-8-9-17(22-11-16)24-19(25)18(13(3)23-24)15-6-4-14(10-20)5-7-15/h4-9,11-12,21,25H,1-3H3. The Labute approximate surface area is 154 Å². The maximum absolute atomic E-state index is 10.7. The molecule has 0 bridgehead atoms. The van der Waals surface area contributed by atoms with Gasteiger partial charge in [0.1, 0.15) is 0 Å². The molecular weight excluding hydrogens is 346 g/mol. The number of benzene rings is 1. The molecule has 1 aromatic carbocycles. The normalized spacial score (nSPS) is 12.1. The van der Waals surface area contributed by atoms with Gasteiger partial charge in [0.2, 0.25) is 5.88 Å². The first-order chi connectivity index (χ1) is 12.4. The summed E-state index contributed by atoms with van der Waals surface area (Å²) in [5.41, 5.74) is 2.63. The van der Waals surface area contributed by atoms with Crippen molar-refractivity contribution in [1.29, 1.82) is 10.0 Å². The first kappa shape index (κ1) is 17.8. The number of hydrogen-bond acceptors (Lipinski definition) is 5. The van der Waals surface area contributed by atoms with E-state index in [-0.39, 0.29) is 11.1 Å². The zero-order chi connectivity index (χ0) is 18.8. The van der Waals surface area contributed by atoms with Crippen molar-refractivity contribution in [3.8, 4) is 28.9 Å². The molecule has 1 atom stereocenters. The van der Waals surface area contributed by atoms with Crippen LogP contribution in [0.1, 0.15) is 25.1 Å². The number of aryl methyl sites for hydroxylation is 1. The van der Waals surface area contributed by atoms with Crippen LogP contribution in [0.3, 0.4) is 0 Å². The molecule has 1 unspecified atom stereocenters. The molecule has 0 radical (unpaired) electrons. The fourth-order valence-electron chi connectivity index (χ4n) is 2.62. The molecule has 0 aliphatic carbocycles. The van der Waals surface area contributed by atoms with Gasteiger partial charge < -0.3 is 5.11 Å². The van der Waals surface area contributed by atoms with E-state index in [9.17, 15) is 5.11 Å². The van der Waals surface area contributed by atoms with Gasteiger partial charge in [-0.3, -0.25) is 4.78 Å². The van der Waals surface area contributed by atoms with Crippen LogP contribution in [-0.2, 0) is 10.7 Å². The topological polar surface area (TPSA) is 98.6 Å². The zero-order valence-electron chi connectivity index (χ0n) is 14.8. The van der Waals surface area contributed by atoms with Gasteiger partial charge in [0.25, 0.3) is 0 Å². The molecule has 26 heavy (non-hydrogen) atoms. The second-order valence-corrected chi connectivity index (χ2v) is 8.21. The van der Waals surface area contributed by atoms with Gasteiger partial charge in [-0.2, -0.15) is 15.0 Å². The van der Waals surface area contributed by atoms with Crippen molar-refractivity contribution < 1.29 is 5.11 Å². The summed E-state index contributed by atoms with van der Waals surface area (Å²) in [6, 6.07) is 12.7. The Morgan fingerprint density at radius 1 is 1.19 bits per heavy atom. The molecule has 6 nitrogen and oxygen atoms in total. The Morgan fingerprint density at radius 2 is 1.88 bits per heavy atom. The Bertz CT molecular complexity index is 998. The van der Waals surface area contributed by atoms with E-state index < -0.39 is 10.7 Å². The molecule has 0 aliphatic heterocycles. The van der Waals surface area contributed by atoms with Gasteiger partial charge in [-0.15, -0.1) is 0 Å². The minimum Gasteiger partial charge on any atom is -0.493 e. The van der Waals surface area contributed by atoms with Gasteiger partial charge >= 0.3 is 0 Å². The first-order valence-corrected chi connectivity index (χ1v) is 9.41. The van der Waals surface area contributed by atoms with E-state index >= 15 is 0 Å². The highest BCUT2D eigenvalue weighted by Gasteiger charge is 2.18. The average Bonchev–Trinajstić information content (AvgIpc) is 2.95. The fourth-order valence-corrected chi connectivity index (χ4v) is 3.55. The summed E-state index contributed by atoms with van der Waals surface area (Å²) in [7, 11) is -0.618. The summed E-state index contributed by atoms with van der Waals surface area (Å²) >= 11 is 0. The number of rotatable bonds is 4. The van der Waals surface area contributed by atoms with Crippen LogP contribution in [0, 0.1) is 23.0 Å². The molecule has 7 heteroatoms. The zero-order valence-corrected chi connectivity index (χ0v) is 15.6. The Balaban J connectivity index is 2.00. The van der Waals surface area contributed by atoms with Gasteiger partial charge in [-0.1, -0.05) is 36.7 Å². The highest BCUT2D eigenvalue weighted by atomic mass is 32.2. The van der Waals surface area contributed by atoms with Gasteiger partial charge in [0, 0.05) is 16.3 Å². The van der Waals surface area contributed by atoms with Crippen LogP contribution < -0.4 is 0 Å². The molecule has 0 saturated carbocycles. The lowest BCUT2D eigenvalue weighted by Crippen LogP contribution is -2.06.